The number of nitrogens with zero attached hydrogens (tertiary/aromatic N) is 1. The highest BCUT2D eigenvalue weighted by molar-refractivity contribution is 7.89. The summed E-state index contributed by atoms with van der Waals surface area (Å²) in [5.74, 6) is -0.718. The van der Waals surface area contributed by atoms with Gasteiger partial charge in [-0.25, -0.2) is 12.8 Å². The van der Waals surface area contributed by atoms with Crippen LogP contribution < -0.4 is 5.73 Å². The van der Waals surface area contributed by atoms with Crippen molar-refractivity contribution in [2.75, 3.05) is 25.4 Å². The van der Waals surface area contributed by atoms with Crippen LogP contribution in [0, 0.1) is 5.82 Å². The third kappa shape index (κ3) is 3.11. The third-order valence-corrected chi connectivity index (χ3v) is 5.21. The molecule has 2 rings (SSSR count). The van der Waals surface area contributed by atoms with Gasteiger partial charge in [0, 0.05) is 19.7 Å². The molecule has 0 spiro atoms. The van der Waals surface area contributed by atoms with Crippen molar-refractivity contribution in [3.8, 4) is 0 Å². The van der Waals surface area contributed by atoms with E-state index < -0.39 is 15.8 Å². The number of halogens is 1. The highest BCUT2D eigenvalue weighted by atomic mass is 32.2. The summed E-state index contributed by atoms with van der Waals surface area (Å²) in [5.41, 5.74) is 5.31. The van der Waals surface area contributed by atoms with E-state index in [0.717, 1.165) is 18.9 Å². The summed E-state index contributed by atoms with van der Waals surface area (Å²) < 4.78 is 45.2. The Morgan fingerprint density at radius 3 is 2.90 bits per heavy atom. The molecule has 20 heavy (non-hydrogen) atoms. The minimum absolute atomic E-state index is 0.0604. The Bertz CT molecular complexity index is 575. The van der Waals surface area contributed by atoms with Crippen molar-refractivity contribution in [2.24, 2.45) is 0 Å². The van der Waals surface area contributed by atoms with Crippen LogP contribution in [-0.4, -0.2) is 38.5 Å². The SMILES string of the molecule is CCOC1CCCN(S(=O)(=O)c2ccc(N)c(F)c2)C1. The van der Waals surface area contributed by atoms with Gasteiger partial charge in [0.2, 0.25) is 10.0 Å². The summed E-state index contributed by atoms with van der Waals surface area (Å²) in [5, 5.41) is 0. The molecule has 1 aromatic carbocycles. The van der Waals surface area contributed by atoms with Gasteiger partial charge in [-0.2, -0.15) is 4.31 Å². The zero-order valence-electron chi connectivity index (χ0n) is 11.4. The third-order valence-electron chi connectivity index (χ3n) is 3.35. The molecule has 1 atom stereocenters. The molecule has 112 valence electrons. The van der Waals surface area contributed by atoms with Crippen LogP contribution in [0.15, 0.2) is 23.1 Å². The maximum absolute atomic E-state index is 13.4. The second-order valence-electron chi connectivity index (χ2n) is 4.77. The number of ether oxygens (including phenoxy) is 1. The number of sulfonamides is 1. The zero-order valence-corrected chi connectivity index (χ0v) is 12.2. The van der Waals surface area contributed by atoms with Crippen molar-refractivity contribution in [3.05, 3.63) is 24.0 Å². The first-order valence-electron chi connectivity index (χ1n) is 6.62. The summed E-state index contributed by atoms with van der Waals surface area (Å²) in [7, 11) is -3.69. The second kappa shape index (κ2) is 6.07. The van der Waals surface area contributed by atoms with Gasteiger partial charge in [0.15, 0.2) is 0 Å². The first-order chi connectivity index (χ1) is 9.45. The molecule has 1 aliphatic heterocycles. The molecule has 1 aliphatic rings. The molecule has 1 heterocycles. The lowest BCUT2D eigenvalue weighted by atomic mass is 10.1. The number of hydrogen-bond donors (Lipinski definition) is 1. The van der Waals surface area contributed by atoms with Crippen LogP contribution in [0.3, 0.4) is 0 Å². The molecule has 0 bridgehead atoms. The summed E-state index contributed by atoms with van der Waals surface area (Å²) in [4.78, 5) is -0.0682. The van der Waals surface area contributed by atoms with Crippen molar-refractivity contribution in [2.45, 2.75) is 30.8 Å². The number of nitrogens with two attached hydrogens (primary N) is 1. The Hall–Kier alpha value is -1.18. The molecule has 1 fully saturated rings. The average molecular weight is 302 g/mol. The molecule has 1 saturated heterocycles. The van der Waals surface area contributed by atoms with Crippen molar-refractivity contribution in [1.29, 1.82) is 0 Å². The van der Waals surface area contributed by atoms with E-state index in [1.807, 2.05) is 6.92 Å². The van der Waals surface area contributed by atoms with Gasteiger partial charge in [-0.05, 0) is 38.0 Å². The smallest absolute Gasteiger partial charge is 0.243 e. The average Bonchev–Trinajstić information content (AvgIpc) is 2.42. The summed E-state index contributed by atoms with van der Waals surface area (Å²) in [6.07, 6.45) is 1.49. The molecule has 0 aliphatic carbocycles. The normalized spacial score (nSPS) is 21.0. The van der Waals surface area contributed by atoms with Crippen LogP contribution in [0.25, 0.3) is 0 Å². The zero-order chi connectivity index (χ0) is 14.8. The minimum Gasteiger partial charge on any atom is -0.396 e. The van der Waals surface area contributed by atoms with Gasteiger partial charge in [-0.3, -0.25) is 0 Å². The fourth-order valence-corrected chi connectivity index (χ4v) is 3.83. The number of piperidine rings is 1. The van der Waals surface area contributed by atoms with Crippen LogP contribution in [0.5, 0.6) is 0 Å². The Kier molecular flexibility index (Phi) is 4.62. The lowest BCUT2D eigenvalue weighted by Gasteiger charge is -2.31. The Balaban J connectivity index is 2.23. The van der Waals surface area contributed by atoms with Crippen LogP contribution >= 0.6 is 0 Å². The van der Waals surface area contributed by atoms with Crippen molar-refractivity contribution >= 4 is 15.7 Å². The maximum Gasteiger partial charge on any atom is 0.243 e. The molecule has 1 unspecified atom stereocenters. The second-order valence-corrected chi connectivity index (χ2v) is 6.70. The van der Waals surface area contributed by atoms with Gasteiger partial charge < -0.3 is 10.5 Å². The highest BCUT2D eigenvalue weighted by Gasteiger charge is 2.30. The van der Waals surface area contributed by atoms with Gasteiger partial charge in [0.25, 0.3) is 0 Å². The van der Waals surface area contributed by atoms with Gasteiger partial charge in [0.1, 0.15) is 5.82 Å². The summed E-state index contributed by atoms with van der Waals surface area (Å²) in [6, 6.07) is 3.57. The maximum atomic E-state index is 13.4. The van der Waals surface area contributed by atoms with E-state index in [4.69, 9.17) is 10.5 Å². The summed E-state index contributed by atoms with van der Waals surface area (Å²) in [6.45, 7) is 3.16. The molecular formula is C13H19FN2O3S. The molecular weight excluding hydrogens is 283 g/mol. The molecule has 0 aromatic heterocycles. The lowest BCUT2D eigenvalue weighted by molar-refractivity contribution is 0.0265. The summed E-state index contributed by atoms with van der Waals surface area (Å²) >= 11 is 0. The van der Waals surface area contributed by atoms with Crippen molar-refractivity contribution in [1.82, 2.24) is 4.31 Å². The standard InChI is InChI=1S/C13H19FN2O3S/c1-2-19-10-4-3-7-16(9-10)20(17,18)11-5-6-13(15)12(14)8-11/h5-6,8,10H,2-4,7,9,15H2,1H3. The first-order valence-corrected chi connectivity index (χ1v) is 8.06. The monoisotopic (exact) mass is 302 g/mol. The molecule has 2 N–H and O–H groups in total. The first kappa shape index (κ1) is 15.2. The quantitative estimate of drug-likeness (QED) is 0.857. The van der Waals surface area contributed by atoms with E-state index in [-0.39, 0.29) is 16.7 Å². The molecule has 5 nitrogen and oxygen atoms in total. The van der Waals surface area contributed by atoms with Gasteiger partial charge in [-0.15, -0.1) is 0 Å². The number of anilines is 1. The number of hydrogen-bond acceptors (Lipinski definition) is 4. The van der Waals surface area contributed by atoms with Crippen LogP contribution in [0.4, 0.5) is 10.1 Å². The van der Waals surface area contributed by atoms with Gasteiger partial charge in [-0.1, -0.05) is 0 Å². The Morgan fingerprint density at radius 1 is 1.50 bits per heavy atom. The van der Waals surface area contributed by atoms with Crippen molar-refractivity contribution in [3.63, 3.8) is 0 Å². The van der Waals surface area contributed by atoms with Crippen LogP contribution in [0.2, 0.25) is 0 Å². The predicted octanol–water partition coefficient (Wildman–Crippen LogP) is 1.60. The van der Waals surface area contributed by atoms with Gasteiger partial charge in [0.05, 0.1) is 16.7 Å². The molecule has 0 amide bonds. The van der Waals surface area contributed by atoms with Crippen LogP contribution in [-0.2, 0) is 14.8 Å². The van der Waals surface area contributed by atoms with E-state index >= 15 is 0 Å². The largest absolute Gasteiger partial charge is 0.396 e. The van der Waals surface area contributed by atoms with Gasteiger partial charge >= 0.3 is 0 Å². The van der Waals surface area contributed by atoms with Crippen LogP contribution in [0.1, 0.15) is 19.8 Å². The van der Waals surface area contributed by atoms with Crippen molar-refractivity contribution < 1.29 is 17.5 Å². The number of benzene rings is 1. The Morgan fingerprint density at radius 2 is 2.25 bits per heavy atom. The fourth-order valence-electron chi connectivity index (χ4n) is 2.31. The topological polar surface area (TPSA) is 72.6 Å². The molecule has 0 radical (unpaired) electrons. The molecule has 0 saturated carbocycles. The highest BCUT2D eigenvalue weighted by Crippen LogP contribution is 2.24. The van der Waals surface area contributed by atoms with E-state index in [2.05, 4.69) is 0 Å². The molecule has 1 aromatic rings. The lowest BCUT2D eigenvalue weighted by Crippen LogP contribution is -2.43. The fraction of sp³-hybridized carbons (Fsp3) is 0.538. The van der Waals surface area contributed by atoms with E-state index in [0.29, 0.717) is 19.7 Å². The number of nitrogen functional groups attached to an aromatic ring is 1. The van der Waals surface area contributed by atoms with E-state index in [1.54, 1.807) is 0 Å². The van der Waals surface area contributed by atoms with E-state index in [9.17, 15) is 12.8 Å². The minimum atomic E-state index is -3.69. The predicted molar refractivity (Wildman–Crippen MR) is 74.2 cm³/mol. The molecule has 7 heteroatoms. The number of rotatable bonds is 4. The van der Waals surface area contributed by atoms with E-state index in [1.165, 1.54) is 16.4 Å². The Labute approximate surface area is 118 Å².